The van der Waals surface area contributed by atoms with Gasteiger partial charge >= 0.3 is 0 Å². The Hall–Kier alpha value is -1.22. The largest absolute Gasteiger partial charge is 0.356 e. The molecule has 0 bridgehead atoms. The summed E-state index contributed by atoms with van der Waals surface area (Å²) in [5.74, 6) is 4.19. The zero-order valence-corrected chi connectivity index (χ0v) is 29.7. The third-order valence-electron chi connectivity index (χ3n) is 15.2. The number of likely N-dealkylation sites (N-methyl/N-ethyl adjacent to an activating group) is 1. The van der Waals surface area contributed by atoms with Crippen molar-refractivity contribution in [2.24, 2.45) is 52.3 Å². The Balaban J connectivity index is 0.886. The number of amides is 2. The molecule has 4 aliphatic carbocycles. The number of carbonyl (C=O) groups is 2. The fourth-order valence-electron chi connectivity index (χ4n) is 12.5. The van der Waals surface area contributed by atoms with Gasteiger partial charge in [-0.25, -0.2) is 0 Å². The van der Waals surface area contributed by atoms with Gasteiger partial charge in [0.25, 0.3) is 0 Å². The topological polar surface area (TPSA) is 83.1 Å². The highest BCUT2D eigenvalue weighted by atomic mass is 16.7. The first-order valence-electron chi connectivity index (χ1n) is 19.3. The Bertz CT molecular complexity index is 1120. The maximum atomic E-state index is 12.9. The van der Waals surface area contributed by atoms with E-state index in [0.29, 0.717) is 47.2 Å². The van der Waals surface area contributed by atoms with Gasteiger partial charge in [-0.15, -0.1) is 0 Å². The third-order valence-corrected chi connectivity index (χ3v) is 15.2. The van der Waals surface area contributed by atoms with Gasteiger partial charge in [0.2, 0.25) is 11.8 Å². The predicted octanol–water partition coefficient (Wildman–Crippen LogP) is 5.06. The summed E-state index contributed by atoms with van der Waals surface area (Å²) in [7, 11) is 2.17. The van der Waals surface area contributed by atoms with E-state index in [0.717, 1.165) is 82.8 Å². The first kappa shape index (κ1) is 33.3. The molecular weight excluding hydrogens is 576 g/mol. The molecule has 3 saturated heterocycles. The van der Waals surface area contributed by atoms with Gasteiger partial charge in [-0.2, -0.15) is 0 Å². The summed E-state index contributed by atoms with van der Waals surface area (Å²) >= 11 is 0. The zero-order valence-electron chi connectivity index (χ0n) is 29.7. The number of carbonyl (C=O) groups excluding carboxylic acids is 2. The lowest BCUT2D eigenvalue weighted by molar-refractivity contribution is -0.273. The molecule has 46 heavy (non-hydrogen) atoms. The molecule has 4 saturated carbocycles. The van der Waals surface area contributed by atoms with E-state index in [4.69, 9.17) is 9.47 Å². The summed E-state index contributed by atoms with van der Waals surface area (Å²) in [6.45, 7) is 16.9. The van der Waals surface area contributed by atoms with E-state index in [1.807, 2.05) is 0 Å². The van der Waals surface area contributed by atoms with Crippen molar-refractivity contribution in [3.8, 4) is 0 Å². The van der Waals surface area contributed by atoms with Crippen LogP contribution in [0.4, 0.5) is 0 Å². The lowest BCUT2D eigenvalue weighted by atomic mass is 9.44. The fourth-order valence-corrected chi connectivity index (χ4v) is 12.5. The molecule has 8 heteroatoms. The van der Waals surface area contributed by atoms with Crippen molar-refractivity contribution >= 4 is 11.8 Å². The number of piperazine rings is 1. The van der Waals surface area contributed by atoms with Crippen LogP contribution in [0.15, 0.2) is 0 Å². The number of hydrogen-bond donors (Lipinski definition) is 2. The number of hydrogen-bond acceptors (Lipinski definition) is 6. The van der Waals surface area contributed by atoms with Crippen LogP contribution < -0.4 is 10.6 Å². The standard InChI is InChI=1S/C38H64N4O4/c1-25-9-14-38(45-24-25)26(2)35-32(46-38)22-31-29-8-7-27-21-28(10-12-36(27,3)30(29)11-13-37(31,35)4)40-34(44)23-33(43)39-15-6-16-42-19-17-41(5)18-20-42/h25-32,35H,6-24H2,1-5H3,(H,39,43)(H,40,44)/t25-,26-,27+,28-,29+,30-,31-,32-,35-,36-,37-,38+/m0/s1. The number of ether oxygens (including phenoxy) is 2. The van der Waals surface area contributed by atoms with Crippen molar-refractivity contribution in [2.75, 3.05) is 52.9 Å². The molecule has 260 valence electrons. The first-order chi connectivity index (χ1) is 22.0. The average Bonchev–Trinajstić information content (AvgIpc) is 3.47. The summed E-state index contributed by atoms with van der Waals surface area (Å²) in [5.41, 5.74) is 0.724. The molecule has 0 aromatic carbocycles. The minimum atomic E-state index is -0.329. The Morgan fingerprint density at radius 2 is 1.65 bits per heavy atom. The van der Waals surface area contributed by atoms with Crippen molar-refractivity contribution in [1.29, 1.82) is 0 Å². The van der Waals surface area contributed by atoms with Gasteiger partial charge in [-0.3, -0.25) is 9.59 Å². The van der Waals surface area contributed by atoms with E-state index in [2.05, 4.69) is 55.2 Å². The van der Waals surface area contributed by atoms with Crippen LogP contribution in [0.1, 0.15) is 105 Å². The minimum absolute atomic E-state index is 0.0495. The van der Waals surface area contributed by atoms with Gasteiger partial charge < -0.3 is 29.9 Å². The van der Waals surface area contributed by atoms with Crippen LogP contribution >= 0.6 is 0 Å². The van der Waals surface area contributed by atoms with Crippen molar-refractivity contribution in [3.63, 3.8) is 0 Å². The maximum absolute atomic E-state index is 12.9. The third kappa shape index (κ3) is 5.98. The minimum Gasteiger partial charge on any atom is -0.356 e. The van der Waals surface area contributed by atoms with Crippen LogP contribution in [0.25, 0.3) is 0 Å². The molecule has 8 nitrogen and oxygen atoms in total. The summed E-state index contributed by atoms with van der Waals surface area (Å²) < 4.78 is 13.5. The van der Waals surface area contributed by atoms with E-state index in [9.17, 15) is 9.59 Å². The quantitative estimate of drug-likeness (QED) is 0.299. The van der Waals surface area contributed by atoms with Gasteiger partial charge in [0.1, 0.15) is 6.42 Å². The highest BCUT2D eigenvalue weighted by Crippen LogP contribution is 2.71. The van der Waals surface area contributed by atoms with Gasteiger partial charge in [0, 0.05) is 51.1 Å². The molecule has 7 fully saturated rings. The van der Waals surface area contributed by atoms with Crippen molar-refractivity contribution < 1.29 is 19.1 Å². The molecule has 3 aliphatic heterocycles. The molecule has 0 radical (unpaired) electrons. The van der Waals surface area contributed by atoms with Crippen LogP contribution in [0, 0.1) is 52.3 Å². The van der Waals surface area contributed by atoms with Gasteiger partial charge in [-0.1, -0.05) is 27.7 Å². The highest BCUT2D eigenvalue weighted by molar-refractivity contribution is 5.96. The number of rotatable bonds is 7. The maximum Gasteiger partial charge on any atom is 0.229 e. The lowest BCUT2D eigenvalue weighted by Gasteiger charge is -2.61. The second kappa shape index (κ2) is 12.9. The number of nitrogens with one attached hydrogen (secondary N) is 2. The zero-order chi connectivity index (χ0) is 32.3. The molecule has 2 N–H and O–H groups in total. The Morgan fingerprint density at radius 3 is 2.41 bits per heavy atom. The predicted molar refractivity (Wildman–Crippen MR) is 180 cm³/mol. The number of nitrogens with zero attached hydrogens (tertiary/aromatic N) is 2. The summed E-state index contributed by atoms with van der Waals surface area (Å²) in [6.07, 6.45) is 13.4. The molecule has 0 unspecified atom stereocenters. The van der Waals surface area contributed by atoms with Crippen LogP contribution in [0.2, 0.25) is 0 Å². The normalized spacial score (nSPS) is 47.5. The average molecular weight is 641 g/mol. The van der Waals surface area contributed by atoms with Crippen LogP contribution in [0.3, 0.4) is 0 Å². The van der Waals surface area contributed by atoms with Gasteiger partial charge in [-0.05, 0) is 124 Å². The molecular formula is C38H64N4O4. The second-order valence-corrected chi connectivity index (χ2v) is 17.7. The smallest absolute Gasteiger partial charge is 0.229 e. The molecule has 7 rings (SSSR count). The van der Waals surface area contributed by atoms with Crippen molar-refractivity contribution in [1.82, 2.24) is 20.4 Å². The van der Waals surface area contributed by atoms with Gasteiger partial charge in [0.15, 0.2) is 5.79 Å². The Labute approximate surface area is 278 Å². The molecule has 1 spiro atoms. The molecule has 12 atom stereocenters. The van der Waals surface area contributed by atoms with Gasteiger partial charge in [0.05, 0.1) is 12.7 Å². The van der Waals surface area contributed by atoms with E-state index in [-0.39, 0.29) is 30.1 Å². The lowest BCUT2D eigenvalue weighted by Crippen LogP contribution is -2.56. The van der Waals surface area contributed by atoms with Crippen molar-refractivity contribution in [2.45, 2.75) is 123 Å². The second-order valence-electron chi connectivity index (χ2n) is 17.7. The number of fused-ring (bicyclic) bond motifs is 7. The summed E-state index contributed by atoms with van der Waals surface area (Å²) in [5, 5.41) is 6.27. The molecule has 3 heterocycles. The Morgan fingerprint density at radius 1 is 0.870 bits per heavy atom. The molecule has 7 aliphatic rings. The Kier molecular flexibility index (Phi) is 9.34. The summed E-state index contributed by atoms with van der Waals surface area (Å²) in [6, 6.07) is 0.204. The van der Waals surface area contributed by atoms with E-state index in [1.165, 1.54) is 44.9 Å². The molecule has 0 aromatic heterocycles. The molecule has 2 amide bonds. The monoisotopic (exact) mass is 640 g/mol. The van der Waals surface area contributed by atoms with E-state index < -0.39 is 0 Å². The van der Waals surface area contributed by atoms with Crippen LogP contribution in [-0.2, 0) is 19.1 Å². The summed E-state index contributed by atoms with van der Waals surface area (Å²) in [4.78, 5) is 30.3. The fraction of sp³-hybridized carbons (Fsp3) is 0.947. The van der Waals surface area contributed by atoms with Crippen LogP contribution in [-0.4, -0.2) is 92.5 Å². The SMILES string of the molecule is C[C@H]1CC[C@@]2(OC1)O[C@H]1C[C@H]3[C@@H]4CC[C@@H]5C[C@@H](NC(=O)CC(=O)NCCCN6CCN(C)CC6)CC[C@]5(C)[C@H]4CC[C@]3(C)[C@H]1[C@@H]2C. The highest BCUT2D eigenvalue weighted by Gasteiger charge is 2.69. The first-order valence-corrected chi connectivity index (χ1v) is 19.3. The van der Waals surface area contributed by atoms with E-state index in [1.54, 1.807) is 0 Å². The van der Waals surface area contributed by atoms with Crippen LogP contribution in [0.5, 0.6) is 0 Å². The van der Waals surface area contributed by atoms with E-state index >= 15 is 0 Å². The molecule has 0 aromatic rings. The van der Waals surface area contributed by atoms with Crippen molar-refractivity contribution in [3.05, 3.63) is 0 Å².